The molecule has 1 heterocycles. The molecule has 0 fully saturated rings. The highest BCUT2D eigenvalue weighted by Gasteiger charge is 2.31. The van der Waals surface area contributed by atoms with Gasteiger partial charge in [-0.05, 0) is 44.4 Å². The van der Waals surface area contributed by atoms with Crippen molar-refractivity contribution >= 4 is 11.7 Å². The zero-order valence-corrected chi connectivity index (χ0v) is 18.0. The lowest BCUT2D eigenvalue weighted by Crippen LogP contribution is -2.45. The van der Waals surface area contributed by atoms with Crippen LogP contribution in [0.3, 0.4) is 0 Å². The molecule has 0 radical (unpaired) electrons. The summed E-state index contributed by atoms with van der Waals surface area (Å²) in [6, 6.07) is 5.81. The molecule has 2 atom stereocenters. The molecule has 8 heteroatoms. The first kappa shape index (κ1) is 23.3. The Kier molecular flexibility index (Phi) is 7.50. The number of aromatic hydroxyl groups is 2. The van der Waals surface area contributed by atoms with E-state index in [1.807, 2.05) is 26.0 Å². The molecule has 0 spiro atoms. The molecule has 1 aromatic heterocycles. The van der Waals surface area contributed by atoms with Crippen LogP contribution in [0, 0.1) is 12.8 Å². The number of Topliss-reactive ketones (excluding diaryl/α,β-unsaturated/α-hetero) is 1. The average Bonchev–Trinajstić information content (AvgIpc) is 2.90. The molecule has 164 valence electrons. The van der Waals surface area contributed by atoms with Crippen molar-refractivity contribution in [2.75, 3.05) is 0 Å². The molecular weight excluding hydrogens is 386 g/mol. The van der Waals surface area contributed by atoms with E-state index in [0.29, 0.717) is 0 Å². The number of nitrogens with two attached hydrogens (primary N) is 1. The number of ether oxygens (including phenoxy) is 1. The van der Waals surface area contributed by atoms with E-state index in [1.165, 1.54) is 6.92 Å². The van der Waals surface area contributed by atoms with Gasteiger partial charge in [0.25, 0.3) is 0 Å². The second-order valence-electron chi connectivity index (χ2n) is 8.02. The minimum Gasteiger partial charge on any atom is -0.494 e. The summed E-state index contributed by atoms with van der Waals surface area (Å²) >= 11 is 0. The number of ketones is 1. The van der Waals surface area contributed by atoms with E-state index in [4.69, 9.17) is 10.5 Å². The first-order valence-corrected chi connectivity index (χ1v) is 9.97. The van der Waals surface area contributed by atoms with Crippen molar-refractivity contribution in [3.63, 3.8) is 0 Å². The maximum absolute atomic E-state index is 12.9. The number of hydrogen-bond donors (Lipinski definition) is 5. The molecule has 0 unspecified atom stereocenters. The highest BCUT2D eigenvalue weighted by atomic mass is 16.5. The number of carbonyl (C=O) groups excluding carboxylic acids is 2. The van der Waals surface area contributed by atoms with Gasteiger partial charge in [-0.15, -0.1) is 0 Å². The van der Waals surface area contributed by atoms with Gasteiger partial charge < -0.3 is 26.0 Å². The predicted molar refractivity (Wildman–Crippen MR) is 114 cm³/mol. The van der Waals surface area contributed by atoms with E-state index in [0.717, 1.165) is 11.3 Å². The summed E-state index contributed by atoms with van der Waals surface area (Å²) in [5.41, 5.74) is 7.15. The van der Waals surface area contributed by atoms with Crippen molar-refractivity contribution in [3.05, 3.63) is 41.0 Å². The van der Waals surface area contributed by atoms with Gasteiger partial charge in [0.05, 0.1) is 17.7 Å². The Balaban J connectivity index is 2.07. The monoisotopic (exact) mass is 417 g/mol. The average molecular weight is 418 g/mol. The third-order valence-electron chi connectivity index (χ3n) is 4.80. The summed E-state index contributed by atoms with van der Waals surface area (Å²) < 4.78 is 5.60. The molecule has 1 amide bonds. The molecule has 0 aliphatic carbocycles. The van der Waals surface area contributed by atoms with E-state index < -0.39 is 23.7 Å². The topological polar surface area (TPSA) is 138 Å². The van der Waals surface area contributed by atoms with E-state index in [2.05, 4.69) is 10.3 Å². The highest BCUT2D eigenvalue weighted by Crippen LogP contribution is 2.30. The molecule has 0 saturated carbocycles. The standard InChI is InChI=1S/C22H31N3O5/c1-11(2)19(20(27)18-13(5)21(28)25-22(18)29)24-17(26)10-16(23)14-6-8-15(9-7-14)30-12(3)4/h6-9,11-12,16,19,25,28-29H,10,23H2,1-5H3,(H,24,26)/t16-,19-/m0/s1. The fraction of sp³-hybridized carbons (Fsp3) is 0.455. The lowest BCUT2D eigenvalue weighted by Gasteiger charge is -2.22. The molecule has 30 heavy (non-hydrogen) atoms. The largest absolute Gasteiger partial charge is 0.494 e. The Labute approximate surface area is 176 Å². The number of aromatic amines is 1. The fourth-order valence-electron chi connectivity index (χ4n) is 3.17. The van der Waals surface area contributed by atoms with Crippen LogP contribution in [0.15, 0.2) is 24.3 Å². The minimum absolute atomic E-state index is 0.00969. The molecular formula is C22H31N3O5. The highest BCUT2D eigenvalue weighted by molar-refractivity contribution is 6.05. The van der Waals surface area contributed by atoms with Gasteiger partial charge in [-0.3, -0.25) is 14.6 Å². The Morgan fingerprint density at radius 1 is 1.10 bits per heavy atom. The summed E-state index contributed by atoms with van der Waals surface area (Å²) in [4.78, 5) is 27.8. The van der Waals surface area contributed by atoms with Gasteiger partial charge in [0.15, 0.2) is 11.7 Å². The Morgan fingerprint density at radius 3 is 2.17 bits per heavy atom. The van der Waals surface area contributed by atoms with Gasteiger partial charge in [-0.25, -0.2) is 0 Å². The quantitative estimate of drug-likeness (QED) is 0.398. The number of hydrogen-bond acceptors (Lipinski definition) is 6. The zero-order valence-electron chi connectivity index (χ0n) is 18.0. The molecule has 2 rings (SSSR count). The van der Waals surface area contributed by atoms with Crippen LogP contribution in [0.2, 0.25) is 0 Å². The van der Waals surface area contributed by atoms with Crippen molar-refractivity contribution in [1.29, 1.82) is 0 Å². The maximum atomic E-state index is 12.9. The minimum atomic E-state index is -0.869. The number of nitrogens with one attached hydrogen (secondary N) is 2. The number of rotatable bonds is 9. The van der Waals surface area contributed by atoms with Crippen molar-refractivity contribution in [2.24, 2.45) is 11.7 Å². The second-order valence-corrected chi connectivity index (χ2v) is 8.02. The number of amides is 1. The number of benzene rings is 1. The van der Waals surface area contributed by atoms with E-state index in [-0.39, 0.29) is 41.4 Å². The lowest BCUT2D eigenvalue weighted by atomic mass is 9.93. The van der Waals surface area contributed by atoms with Crippen molar-refractivity contribution < 1.29 is 24.5 Å². The summed E-state index contributed by atoms with van der Waals surface area (Å²) in [5.74, 6) is -1.07. The van der Waals surface area contributed by atoms with E-state index >= 15 is 0 Å². The molecule has 0 aliphatic rings. The molecule has 0 bridgehead atoms. The first-order chi connectivity index (χ1) is 14.0. The van der Waals surface area contributed by atoms with Gasteiger partial charge in [-0.1, -0.05) is 26.0 Å². The van der Waals surface area contributed by atoms with Crippen LogP contribution in [0.5, 0.6) is 17.5 Å². The van der Waals surface area contributed by atoms with E-state index in [9.17, 15) is 19.8 Å². The second kappa shape index (κ2) is 9.67. The van der Waals surface area contributed by atoms with Crippen LogP contribution in [0.1, 0.15) is 61.6 Å². The van der Waals surface area contributed by atoms with Crippen LogP contribution < -0.4 is 15.8 Å². The van der Waals surface area contributed by atoms with Gasteiger partial charge in [0.1, 0.15) is 5.75 Å². The van der Waals surface area contributed by atoms with Gasteiger partial charge in [-0.2, -0.15) is 0 Å². The third-order valence-corrected chi connectivity index (χ3v) is 4.80. The van der Waals surface area contributed by atoms with Crippen molar-refractivity contribution in [3.8, 4) is 17.5 Å². The third kappa shape index (κ3) is 5.54. The normalized spacial score (nSPS) is 13.3. The van der Waals surface area contributed by atoms with Gasteiger partial charge >= 0.3 is 0 Å². The summed E-state index contributed by atoms with van der Waals surface area (Å²) in [7, 11) is 0. The maximum Gasteiger partial charge on any atom is 0.222 e. The summed E-state index contributed by atoms with van der Waals surface area (Å²) in [6.07, 6.45) is 0.0513. The number of carbonyl (C=O) groups is 2. The Morgan fingerprint density at radius 2 is 1.70 bits per heavy atom. The SMILES string of the molecule is Cc1c(O)[nH]c(O)c1C(=O)[C@@H](NC(=O)C[C@H](N)c1ccc(OC(C)C)cc1)C(C)C. The Bertz CT molecular complexity index is 887. The van der Waals surface area contributed by atoms with Crippen LogP contribution in [0.25, 0.3) is 0 Å². The molecule has 1 aromatic carbocycles. The smallest absolute Gasteiger partial charge is 0.222 e. The molecule has 0 saturated heterocycles. The van der Waals surface area contributed by atoms with Crippen LogP contribution in [-0.2, 0) is 4.79 Å². The van der Waals surface area contributed by atoms with E-state index in [1.54, 1.807) is 26.0 Å². The van der Waals surface area contributed by atoms with Crippen LogP contribution in [-0.4, -0.2) is 39.0 Å². The summed E-state index contributed by atoms with van der Waals surface area (Å²) in [5, 5.41) is 22.4. The molecule has 0 aliphatic heterocycles. The Hall–Kier alpha value is -3.00. The van der Waals surface area contributed by atoms with Crippen molar-refractivity contribution in [1.82, 2.24) is 10.3 Å². The van der Waals surface area contributed by atoms with Crippen molar-refractivity contribution in [2.45, 2.75) is 59.2 Å². The molecule has 2 aromatic rings. The first-order valence-electron chi connectivity index (χ1n) is 9.97. The zero-order chi connectivity index (χ0) is 22.6. The van der Waals surface area contributed by atoms with Gasteiger partial charge in [0.2, 0.25) is 11.8 Å². The summed E-state index contributed by atoms with van der Waals surface area (Å²) in [6.45, 7) is 8.96. The molecule has 6 N–H and O–H groups in total. The van der Waals surface area contributed by atoms with Crippen LogP contribution >= 0.6 is 0 Å². The predicted octanol–water partition coefficient (Wildman–Crippen LogP) is 2.94. The number of aromatic nitrogens is 1. The molecule has 8 nitrogen and oxygen atoms in total. The lowest BCUT2D eigenvalue weighted by molar-refractivity contribution is -0.122. The van der Waals surface area contributed by atoms with Crippen LogP contribution in [0.4, 0.5) is 0 Å². The number of H-pyrrole nitrogens is 1. The van der Waals surface area contributed by atoms with Gasteiger partial charge in [0, 0.05) is 18.0 Å². The fourth-order valence-corrected chi connectivity index (χ4v) is 3.17.